The Balaban J connectivity index is 1.49. The number of carbonyl (C=O) groups excluding carboxylic acids is 1. The van der Waals surface area contributed by atoms with Crippen molar-refractivity contribution >= 4 is 54.8 Å². The summed E-state index contributed by atoms with van der Waals surface area (Å²) >= 11 is 2.93. The van der Waals surface area contributed by atoms with Gasteiger partial charge in [-0.25, -0.2) is 9.97 Å². The van der Waals surface area contributed by atoms with Gasteiger partial charge in [-0.2, -0.15) is 9.78 Å². The molecule has 0 aliphatic heterocycles. The van der Waals surface area contributed by atoms with Crippen molar-refractivity contribution < 1.29 is 4.79 Å². The number of rotatable bonds is 3. The Kier molecular flexibility index (Phi) is 4.64. The zero-order valence-corrected chi connectivity index (χ0v) is 19.3. The fourth-order valence-corrected chi connectivity index (χ4v) is 5.17. The van der Waals surface area contributed by atoms with Gasteiger partial charge in [0.25, 0.3) is 5.91 Å². The molecule has 0 bridgehead atoms. The SMILES string of the molecule is Cc1cc(NC(=O)c2nc3ccccc3s2)n(-c2nc3ccc(C(C)(C)C)cc3s2)n1. The average molecular weight is 448 g/mol. The first-order valence-corrected chi connectivity index (χ1v) is 11.6. The van der Waals surface area contributed by atoms with E-state index in [4.69, 9.17) is 4.98 Å². The highest BCUT2D eigenvalue weighted by Crippen LogP contribution is 2.32. The van der Waals surface area contributed by atoms with Crippen molar-refractivity contribution in [1.29, 1.82) is 0 Å². The largest absolute Gasteiger partial charge is 0.304 e. The molecule has 31 heavy (non-hydrogen) atoms. The lowest BCUT2D eigenvalue weighted by atomic mass is 9.87. The summed E-state index contributed by atoms with van der Waals surface area (Å²) in [6.45, 7) is 8.49. The molecule has 3 aromatic heterocycles. The molecule has 3 heterocycles. The van der Waals surface area contributed by atoms with Crippen LogP contribution in [0.4, 0.5) is 5.82 Å². The minimum absolute atomic E-state index is 0.0665. The molecule has 2 aromatic carbocycles. The molecule has 0 saturated heterocycles. The maximum absolute atomic E-state index is 12.9. The number of nitrogens with one attached hydrogen (secondary N) is 1. The molecule has 8 heteroatoms. The van der Waals surface area contributed by atoms with Gasteiger partial charge in [0.2, 0.25) is 5.13 Å². The third-order valence-corrected chi connectivity index (χ3v) is 7.01. The van der Waals surface area contributed by atoms with E-state index in [0.717, 1.165) is 26.1 Å². The quantitative estimate of drug-likeness (QED) is 0.371. The van der Waals surface area contributed by atoms with Crippen molar-refractivity contribution in [3.05, 3.63) is 64.8 Å². The fraction of sp³-hybridized carbons (Fsp3) is 0.217. The van der Waals surface area contributed by atoms with Crippen LogP contribution in [-0.4, -0.2) is 25.7 Å². The molecule has 156 valence electrons. The van der Waals surface area contributed by atoms with Crippen molar-refractivity contribution in [2.75, 3.05) is 5.32 Å². The number of aryl methyl sites for hydroxylation is 1. The lowest BCUT2D eigenvalue weighted by Gasteiger charge is -2.18. The van der Waals surface area contributed by atoms with Gasteiger partial charge in [0.1, 0.15) is 5.82 Å². The predicted molar refractivity (Wildman–Crippen MR) is 128 cm³/mol. The lowest BCUT2D eigenvalue weighted by Crippen LogP contribution is -2.14. The molecule has 0 atom stereocenters. The Morgan fingerprint density at radius 2 is 1.74 bits per heavy atom. The standard InChI is InChI=1S/C23H21N5OS2/c1-13-11-19(26-20(29)21-24-15-7-5-6-8-17(15)30-21)28(27-13)22-25-16-10-9-14(23(2,3)4)12-18(16)31-22/h5-12H,1-4H3,(H,26,29). The molecule has 0 unspecified atom stereocenters. The molecular formula is C23H21N5OS2. The molecule has 1 N–H and O–H groups in total. The molecule has 0 spiro atoms. The number of aromatic nitrogens is 4. The number of thiazole rings is 2. The van der Waals surface area contributed by atoms with Crippen LogP contribution in [0.15, 0.2) is 48.5 Å². The van der Waals surface area contributed by atoms with Gasteiger partial charge in [-0.3, -0.25) is 4.79 Å². The van der Waals surface area contributed by atoms with Crippen molar-refractivity contribution in [3.63, 3.8) is 0 Å². The van der Waals surface area contributed by atoms with E-state index < -0.39 is 0 Å². The second-order valence-corrected chi connectivity index (χ2v) is 10.5. The van der Waals surface area contributed by atoms with Crippen LogP contribution in [0.3, 0.4) is 0 Å². The van der Waals surface area contributed by atoms with Crippen LogP contribution in [0.2, 0.25) is 0 Å². The van der Waals surface area contributed by atoms with E-state index in [9.17, 15) is 4.79 Å². The van der Waals surface area contributed by atoms with Gasteiger partial charge >= 0.3 is 0 Å². The number of benzene rings is 2. The van der Waals surface area contributed by atoms with Gasteiger partial charge in [-0.1, -0.05) is 50.3 Å². The van der Waals surface area contributed by atoms with Gasteiger partial charge in [0.15, 0.2) is 5.01 Å². The zero-order chi connectivity index (χ0) is 21.8. The summed E-state index contributed by atoms with van der Waals surface area (Å²) < 4.78 is 3.78. The molecule has 5 rings (SSSR count). The Morgan fingerprint density at radius 1 is 0.968 bits per heavy atom. The first kappa shape index (κ1) is 19.8. The van der Waals surface area contributed by atoms with Crippen LogP contribution in [0, 0.1) is 6.92 Å². The Morgan fingerprint density at radius 3 is 2.52 bits per heavy atom. The average Bonchev–Trinajstić information content (AvgIpc) is 3.42. The third-order valence-electron chi connectivity index (χ3n) is 4.99. The number of anilines is 1. The summed E-state index contributed by atoms with van der Waals surface area (Å²) in [5, 5.41) is 8.67. The molecule has 1 amide bonds. The Labute approximate surface area is 187 Å². The fourth-order valence-electron chi connectivity index (χ4n) is 3.34. The van der Waals surface area contributed by atoms with Crippen molar-refractivity contribution in [3.8, 4) is 5.13 Å². The van der Waals surface area contributed by atoms with Crippen LogP contribution in [0.25, 0.3) is 25.6 Å². The number of nitrogens with zero attached hydrogens (tertiary/aromatic N) is 4. The smallest absolute Gasteiger partial charge is 0.285 e. The lowest BCUT2D eigenvalue weighted by molar-refractivity contribution is 0.102. The minimum Gasteiger partial charge on any atom is -0.304 e. The topological polar surface area (TPSA) is 72.7 Å². The maximum Gasteiger partial charge on any atom is 0.285 e. The summed E-state index contributed by atoms with van der Waals surface area (Å²) in [5.74, 6) is 0.329. The van der Waals surface area contributed by atoms with Crippen LogP contribution in [0.1, 0.15) is 41.8 Å². The summed E-state index contributed by atoms with van der Waals surface area (Å²) in [7, 11) is 0. The van der Waals surface area contributed by atoms with Crippen LogP contribution >= 0.6 is 22.7 Å². The van der Waals surface area contributed by atoms with Gasteiger partial charge in [-0.05, 0) is 42.2 Å². The molecule has 0 fully saturated rings. The first-order valence-electron chi connectivity index (χ1n) is 9.93. The van der Waals surface area contributed by atoms with Crippen LogP contribution < -0.4 is 5.32 Å². The Hall–Kier alpha value is -3.10. The molecule has 0 radical (unpaired) electrons. The molecule has 0 saturated carbocycles. The van der Waals surface area contributed by atoms with Gasteiger partial charge in [0, 0.05) is 6.07 Å². The number of amides is 1. The molecule has 0 aliphatic carbocycles. The number of hydrogen-bond donors (Lipinski definition) is 1. The van der Waals surface area contributed by atoms with Gasteiger partial charge in [0.05, 0.1) is 26.1 Å². The normalized spacial score (nSPS) is 12.0. The molecule has 5 aromatic rings. The second kappa shape index (κ2) is 7.25. The second-order valence-electron chi connectivity index (χ2n) is 8.45. The van der Waals surface area contributed by atoms with E-state index in [0.29, 0.717) is 16.0 Å². The molecular weight excluding hydrogens is 426 g/mol. The van der Waals surface area contributed by atoms with E-state index in [-0.39, 0.29) is 11.3 Å². The number of fused-ring (bicyclic) bond motifs is 2. The highest BCUT2D eigenvalue weighted by atomic mass is 32.1. The van der Waals surface area contributed by atoms with Gasteiger partial charge < -0.3 is 5.32 Å². The number of carbonyl (C=O) groups is 1. The summed E-state index contributed by atoms with van der Waals surface area (Å²) in [5.41, 5.74) is 3.87. The van der Waals surface area contributed by atoms with Crippen LogP contribution in [-0.2, 0) is 5.41 Å². The molecule has 6 nitrogen and oxygen atoms in total. The monoisotopic (exact) mass is 447 g/mol. The highest BCUT2D eigenvalue weighted by Gasteiger charge is 2.19. The predicted octanol–water partition coefficient (Wildman–Crippen LogP) is 5.95. The van der Waals surface area contributed by atoms with E-state index in [1.165, 1.54) is 16.9 Å². The van der Waals surface area contributed by atoms with E-state index in [2.05, 4.69) is 48.3 Å². The first-order chi connectivity index (χ1) is 14.8. The summed E-state index contributed by atoms with van der Waals surface area (Å²) in [6.07, 6.45) is 0. The number of para-hydroxylation sites is 1. The zero-order valence-electron chi connectivity index (χ0n) is 17.6. The van der Waals surface area contributed by atoms with Crippen molar-refractivity contribution in [2.45, 2.75) is 33.1 Å². The van der Waals surface area contributed by atoms with Crippen molar-refractivity contribution in [1.82, 2.24) is 19.7 Å². The van der Waals surface area contributed by atoms with Gasteiger partial charge in [-0.15, -0.1) is 11.3 Å². The van der Waals surface area contributed by atoms with E-state index in [1.54, 1.807) is 16.0 Å². The van der Waals surface area contributed by atoms with Crippen LogP contribution in [0.5, 0.6) is 0 Å². The highest BCUT2D eigenvalue weighted by molar-refractivity contribution is 7.21. The maximum atomic E-state index is 12.9. The van der Waals surface area contributed by atoms with Crippen molar-refractivity contribution in [2.24, 2.45) is 0 Å². The number of hydrogen-bond acceptors (Lipinski definition) is 6. The summed E-state index contributed by atoms with van der Waals surface area (Å²) in [6, 6.07) is 15.9. The third kappa shape index (κ3) is 3.73. The Bertz CT molecular complexity index is 1400. The van der Waals surface area contributed by atoms with E-state index in [1.807, 2.05) is 43.3 Å². The summed E-state index contributed by atoms with van der Waals surface area (Å²) in [4.78, 5) is 22.1. The van der Waals surface area contributed by atoms with E-state index >= 15 is 0 Å². The molecule has 0 aliphatic rings. The minimum atomic E-state index is -0.251.